The minimum Gasteiger partial charge on any atom is -0.480 e. The lowest BCUT2D eigenvalue weighted by Gasteiger charge is -2.14. The van der Waals surface area contributed by atoms with E-state index in [1.165, 1.54) is 12.1 Å². The lowest BCUT2D eigenvalue weighted by molar-refractivity contribution is -0.384. The highest BCUT2D eigenvalue weighted by atomic mass is 16.6. The zero-order valence-electron chi connectivity index (χ0n) is 9.42. The molecule has 6 nitrogen and oxygen atoms in total. The molecule has 0 aliphatic rings. The number of nitrogens with zero attached hydrogens (tertiary/aromatic N) is 1. The monoisotopic (exact) mass is 238 g/mol. The Morgan fingerprint density at radius 1 is 1.53 bits per heavy atom. The van der Waals surface area contributed by atoms with Gasteiger partial charge in [-0.1, -0.05) is 25.5 Å². The standard InChI is InChI=1S/C11H14N2O4/c1-2-5-9(11(14)15)12-8-6-3-4-7-10(8)13(16)17/h3-4,6-7,9,12H,2,5H2,1H3,(H,14,15). The summed E-state index contributed by atoms with van der Waals surface area (Å²) in [7, 11) is 0. The van der Waals surface area contributed by atoms with Crippen LogP contribution in [0.4, 0.5) is 11.4 Å². The molecule has 0 spiro atoms. The van der Waals surface area contributed by atoms with Crippen molar-refractivity contribution in [2.45, 2.75) is 25.8 Å². The van der Waals surface area contributed by atoms with Crippen LogP contribution in [0.2, 0.25) is 0 Å². The van der Waals surface area contributed by atoms with Crippen molar-refractivity contribution < 1.29 is 14.8 Å². The second-order valence-corrected chi connectivity index (χ2v) is 3.60. The normalized spacial score (nSPS) is 11.8. The summed E-state index contributed by atoms with van der Waals surface area (Å²) in [6, 6.07) is 5.21. The van der Waals surface area contributed by atoms with Crippen LogP contribution in [-0.2, 0) is 4.79 Å². The Hall–Kier alpha value is -2.11. The van der Waals surface area contributed by atoms with Gasteiger partial charge in [0.25, 0.3) is 5.69 Å². The Morgan fingerprint density at radius 2 is 2.18 bits per heavy atom. The van der Waals surface area contributed by atoms with E-state index in [4.69, 9.17) is 5.11 Å². The van der Waals surface area contributed by atoms with E-state index in [9.17, 15) is 14.9 Å². The van der Waals surface area contributed by atoms with Gasteiger partial charge in [0.2, 0.25) is 0 Å². The zero-order valence-corrected chi connectivity index (χ0v) is 9.42. The van der Waals surface area contributed by atoms with Crippen LogP contribution < -0.4 is 5.32 Å². The summed E-state index contributed by atoms with van der Waals surface area (Å²) in [4.78, 5) is 21.2. The average molecular weight is 238 g/mol. The number of nitro benzene ring substituents is 1. The van der Waals surface area contributed by atoms with Crippen LogP contribution in [0.25, 0.3) is 0 Å². The molecule has 0 saturated carbocycles. The summed E-state index contributed by atoms with van der Waals surface area (Å²) in [5.41, 5.74) is 0.119. The fraction of sp³-hybridized carbons (Fsp3) is 0.364. The molecule has 0 aromatic heterocycles. The molecule has 0 amide bonds. The summed E-state index contributed by atoms with van der Waals surface area (Å²) < 4.78 is 0. The SMILES string of the molecule is CCCC(Nc1ccccc1[N+](=O)[O-])C(=O)O. The highest BCUT2D eigenvalue weighted by Gasteiger charge is 2.20. The van der Waals surface area contributed by atoms with Crippen molar-refractivity contribution in [2.75, 3.05) is 5.32 Å². The number of nitro groups is 1. The van der Waals surface area contributed by atoms with Gasteiger partial charge >= 0.3 is 5.97 Å². The van der Waals surface area contributed by atoms with Crippen molar-refractivity contribution >= 4 is 17.3 Å². The molecular formula is C11H14N2O4. The molecule has 0 fully saturated rings. The summed E-state index contributed by atoms with van der Waals surface area (Å²) >= 11 is 0. The minimum absolute atomic E-state index is 0.116. The van der Waals surface area contributed by atoms with Crippen molar-refractivity contribution in [1.82, 2.24) is 0 Å². The molecule has 0 radical (unpaired) electrons. The Kier molecular flexibility index (Phi) is 4.45. The van der Waals surface area contributed by atoms with Crippen LogP contribution in [0.15, 0.2) is 24.3 Å². The van der Waals surface area contributed by atoms with Crippen molar-refractivity contribution in [3.63, 3.8) is 0 Å². The molecule has 1 rings (SSSR count). The van der Waals surface area contributed by atoms with Crippen LogP contribution in [0, 0.1) is 10.1 Å². The molecule has 0 saturated heterocycles. The number of hydrogen-bond donors (Lipinski definition) is 2. The summed E-state index contributed by atoms with van der Waals surface area (Å²) in [5, 5.41) is 22.4. The van der Waals surface area contributed by atoms with Crippen molar-refractivity contribution in [1.29, 1.82) is 0 Å². The molecule has 1 atom stereocenters. The first-order valence-electron chi connectivity index (χ1n) is 5.29. The fourth-order valence-electron chi connectivity index (χ4n) is 1.49. The van der Waals surface area contributed by atoms with Gasteiger partial charge in [-0.2, -0.15) is 0 Å². The molecule has 17 heavy (non-hydrogen) atoms. The van der Waals surface area contributed by atoms with E-state index < -0.39 is 16.9 Å². The van der Waals surface area contributed by atoms with Gasteiger partial charge in [-0.05, 0) is 12.5 Å². The Bertz CT molecular complexity index is 420. The van der Waals surface area contributed by atoms with E-state index in [0.29, 0.717) is 12.8 Å². The first-order chi connectivity index (χ1) is 8.06. The number of benzene rings is 1. The number of carboxylic acid groups (broad SMARTS) is 1. The van der Waals surface area contributed by atoms with Crippen molar-refractivity contribution in [2.24, 2.45) is 0 Å². The predicted octanol–water partition coefficient (Wildman–Crippen LogP) is 2.26. The summed E-state index contributed by atoms with van der Waals surface area (Å²) in [6.07, 6.45) is 1.10. The molecule has 6 heteroatoms. The van der Waals surface area contributed by atoms with Gasteiger partial charge in [0, 0.05) is 6.07 Å². The van der Waals surface area contributed by atoms with Gasteiger partial charge < -0.3 is 10.4 Å². The number of carboxylic acids is 1. The van der Waals surface area contributed by atoms with E-state index in [-0.39, 0.29) is 11.4 Å². The molecule has 0 aliphatic carbocycles. The van der Waals surface area contributed by atoms with E-state index >= 15 is 0 Å². The smallest absolute Gasteiger partial charge is 0.326 e. The molecule has 2 N–H and O–H groups in total. The number of para-hydroxylation sites is 2. The van der Waals surface area contributed by atoms with Crippen LogP contribution in [0.3, 0.4) is 0 Å². The topological polar surface area (TPSA) is 92.5 Å². The molecule has 0 aliphatic heterocycles. The molecule has 1 aromatic carbocycles. The highest BCUT2D eigenvalue weighted by Crippen LogP contribution is 2.24. The summed E-state index contributed by atoms with van der Waals surface area (Å²) in [6.45, 7) is 1.86. The van der Waals surface area contributed by atoms with Gasteiger partial charge in [-0.3, -0.25) is 10.1 Å². The van der Waals surface area contributed by atoms with E-state index in [0.717, 1.165) is 0 Å². The van der Waals surface area contributed by atoms with E-state index in [1.807, 2.05) is 6.92 Å². The summed E-state index contributed by atoms with van der Waals surface area (Å²) in [5.74, 6) is -1.01. The van der Waals surface area contributed by atoms with Crippen LogP contribution >= 0.6 is 0 Å². The Labute approximate surface area is 98.4 Å². The van der Waals surface area contributed by atoms with Crippen molar-refractivity contribution in [3.8, 4) is 0 Å². The predicted molar refractivity (Wildman–Crippen MR) is 63.1 cm³/mol. The third-order valence-corrected chi connectivity index (χ3v) is 2.31. The minimum atomic E-state index is -1.01. The largest absolute Gasteiger partial charge is 0.480 e. The van der Waals surface area contributed by atoms with E-state index in [2.05, 4.69) is 5.32 Å². The van der Waals surface area contributed by atoms with Gasteiger partial charge in [-0.25, -0.2) is 4.79 Å². The van der Waals surface area contributed by atoms with Crippen LogP contribution in [0.5, 0.6) is 0 Å². The lowest BCUT2D eigenvalue weighted by atomic mass is 10.1. The number of aliphatic carboxylic acids is 1. The first-order valence-corrected chi connectivity index (χ1v) is 5.29. The number of hydrogen-bond acceptors (Lipinski definition) is 4. The highest BCUT2D eigenvalue weighted by molar-refractivity contribution is 5.78. The average Bonchev–Trinajstić information content (AvgIpc) is 2.28. The molecule has 92 valence electrons. The molecule has 1 aromatic rings. The molecular weight excluding hydrogens is 224 g/mol. The van der Waals surface area contributed by atoms with Gasteiger partial charge in [0.1, 0.15) is 11.7 Å². The van der Waals surface area contributed by atoms with E-state index in [1.54, 1.807) is 12.1 Å². The molecule has 0 bridgehead atoms. The third-order valence-electron chi connectivity index (χ3n) is 2.31. The molecule has 0 heterocycles. The number of rotatable bonds is 6. The van der Waals surface area contributed by atoms with Gasteiger partial charge in [-0.15, -0.1) is 0 Å². The second-order valence-electron chi connectivity index (χ2n) is 3.60. The number of nitrogens with one attached hydrogen (secondary N) is 1. The van der Waals surface area contributed by atoms with Crippen LogP contribution in [-0.4, -0.2) is 22.0 Å². The molecule has 1 unspecified atom stereocenters. The third kappa shape index (κ3) is 3.44. The quantitative estimate of drug-likeness (QED) is 0.585. The van der Waals surface area contributed by atoms with Crippen molar-refractivity contribution in [3.05, 3.63) is 34.4 Å². The maximum Gasteiger partial charge on any atom is 0.326 e. The Morgan fingerprint density at radius 3 is 2.71 bits per heavy atom. The number of carbonyl (C=O) groups is 1. The first kappa shape index (κ1) is 13.0. The van der Waals surface area contributed by atoms with Gasteiger partial charge in [0.15, 0.2) is 0 Å². The van der Waals surface area contributed by atoms with Gasteiger partial charge in [0.05, 0.1) is 4.92 Å². The fourth-order valence-corrected chi connectivity index (χ4v) is 1.49. The zero-order chi connectivity index (χ0) is 12.8. The maximum atomic E-state index is 10.9. The second kappa shape index (κ2) is 5.83. The maximum absolute atomic E-state index is 10.9. The lowest BCUT2D eigenvalue weighted by Crippen LogP contribution is -2.29. The Balaban J connectivity index is 2.92. The van der Waals surface area contributed by atoms with Crippen LogP contribution in [0.1, 0.15) is 19.8 Å². The number of anilines is 1.